The molecule has 0 fully saturated rings. The van der Waals surface area contributed by atoms with E-state index >= 15 is 0 Å². The highest BCUT2D eigenvalue weighted by molar-refractivity contribution is 6.21. The number of fused-ring (bicyclic) bond motifs is 1. The minimum Gasteiger partial charge on any atom is -0.352 e. The summed E-state index contributed by atoms with van der Waals surface area (Å²) in [5.41, 5.74) is 1.92. The minimum absolute atomic E-state index is 0.233. The number of benzene rings is 1. The first-order valence-corrected chi connectivity index (χ1v) is 6.48. The maximum absolute atomic E-state index is 13.9. The second-order valence-electron chi connectivity index (χ2n) is 5.15. The number of nitrogens with zero attached hydrogens (tertiary/aromatic N) is 1. The maximum Gasteiger partial charge on any atom is 0.262 e. The number of nitrogens with one attached hydrogen (secondary N) is 2. The van der Waals surface area contributed by atoms with E-state index in [4.69, 9.17) is 0 Å². The van der Waals surface area contributed by atoms with Gasteiger partial charge in [-0.1, -0.05) is 6.07 Å². The van der Waals surface area contributed by atoms with Gasteiger partial charge in [-0.2, -0.15) is 0 Å². The van der Waals surface area contributed by atoms with Crippen LogP contribution in [0.5, 0.6) is 0 Å². The van der Waals surface area contributed by atoms with Crippen molar-refractivity contribution in [2.45, 2.75) is 13.8 Å². The smallest absolute Gasteiger partial charge is 0.262 e. The zero-order valence-electron chi connectivity index (χ0n) is 11.9. The van der Waals surface area contributed by atoms with E-state index in [0.717, 1.165) is 5.56 Å². The van der Waals surface area contributed by atoms with Crippen LogP contribution in [0.15, 0.2) is 23.0 Å². The van der Waals surface area contributed by atoms with Crippen LogP contribution < -0.4 is 16.2 Å². The lowest BCUT2D eigenvalue weighted by molar-refractivity contribution is 0.101. The Morgan fingerprint density at radius 1 is 1.24 bits per heavy atom. The molecule has 3 rings (SSSR count). The van der Waals surface area contributed by atoms with Gasteiger partial charge < -0.3 is 10.6 Å². The van der Waals surface area contributed by atoms with Gasteiger partial charge in [0.05, 0.1) is 11.4 Å². The minimum atomic E-state index is -0.427. The van der Waals surface area contributed by atoms with Crippen molar-refractivity contribution in [3.05, 3.63) is 51.1 Å². The fourth-order valence-corrected chi connectivity index (χ4v) is 2.42. The van der Waals surface area contributed by atoms with Gasteiger partial charge >= 0.3 is 0 Å². The maximum atomic E-state index is 13.9. The highest BCUT2D eigenvalue weighted by Gasteiger charge is 2.32. The van der Waals surface area contributed by atoms with Gasteiger partial charge in [-0.15, -0.1) is 0 Å². The first-order valence-electron chi connectivity index (χ1n) is 6.48. The van der Waals surface area contributed by atoms with E-state index in [0.29, 0.717) is 22.6 Å². The molecule has 1 aromatic heterocycles. The second kappa shape index (κ2) is 4.44. The zero-order chi connectivity index (χ0) is 15.3. The molecule has 2 N–H and O–H groups in total. The predicted molar refractivity (Wildman–Crippen MR) is 78.8 cm³/mol. The lowest BCUT2D eigenvalue weighted by Crippen LogP contribution is -2.36. The molecule has 2 aromatic rings. The lowest BCUT2D eigenvalue weighted by atomic mass is 10.0. The van der Waals surface area contributed by atoms with E-state index in [1.165, 1.54) is 10.6 Å². The fraction of sp³-hybridized carbons (Fsp3) is 0.200. The summed E-state index contributed by atoms with van der Waals surface area (Å²) >= 11 is 0. The number of carbonyl (C=O) groups excluding carboxylic acids is 1. The fourth-order valence-electron chi connectivity index (χ4n) is 2.42. The highest BCUT2D eigenvalue weighted by Crippen LogP contribution is 2.34. The first-order chi connectivity index (χ1) is 9.90. The third-order valence-corrected chi connectivity index (χ3v) is 3.67. The van der Waals surface area contributed by atoms with Crippen LogP contribution >= 0.6 is 0 Å². The van der Waals surface area contributed by atoms with Crippen LogP contribution in [0.2, 0.25) is 0 Å². The molecular formula is C15H14FN3O2. The Bertz CT molecular complexity index is 840. The average Bonchev–Trinajstić information content (AvgIpc) is 2.43. The summed E-state index contributed by atoms with van der Waals surface area (Å²) < 4.78 is 15.3. The van der Waals surface area contributed by atoms with Crippen molar-refractivity contribution in [3.8, 4) is 0 Å². The molecule has 0 radical (unpaired) electrons. The van der Waals surface area contributed by atoms with E-state index < -0.39 is 5.82 Å². The number of aryl methyl sites for hydroxylation is 1. The van der Waals surface area contributed by atoms with E-state index in [1.54, 1.807) is 33.0 Å². The molecule has 1 aliphatic rings. The van der Waals surface area contributed by atoms with Crippen LogP contribution in [0.25, 0.3) is 0 Å². The summed E-state index contributed by atoms with van der Waals surface area (Å²) in [6.07, 6.45) is 0. The molecular weight excluding hydrogens is 273 g/mol. The topological polar surface area (TPSA) is 63.1 Å². The number of hydrogen-bond acceptors (Lipinski definition) is 3. The molecule has 0 bridgehead atoms. The van der Waals surface area contributed by atoms with Crippen molar-refractivity contribution < 1.29 is 9.18 Å². The van der Waals surface area contributed by atoms with Crippen molar-refractivity contribution in [1.29, 1.82) is 0 Å². The number of amides is 1. The van der Waals surface area contributed by atoms with Gasteiger partial charge in [0, 0.05) is 12.6 Å². The summed E-state index contributed by atoms with van der Waals surface area (Å²) in [4.78, 5) is 23.8. The predicted octanol–water partition coefficient (Wildman–Crippen LogP) is 2.45. The largest absolute Gasteiger partial charge is 0.352 e. The standard InChI is InChI=1S/C15H14FN3O2/c1-7-4-5-10(9(16)6-7)17-12-8(2)15(21)19(3)13-11(12)14(20)18-13/h4-6,17H,1-3H3,(H,18,20). The van der Waals surface area contributed by atoms with Gasteiger partial charge in [0.2, 0.25) is 0 Å². The molecule has 5 nitrogen and oxygen atoms in total. The Morgan fingerprint density at radius 3 is 2.57 bits per heavy atom. The van der Waals surface area contributed by atoms with Crippen LogP contribution in [0.1, 0.15) is 21.5 Å². The number of halogens is 1. The zero-order valence-corrected chi connectivity index (χ0v) is 11.9. The van der Waals surface area contributed by atoms with Gasteiger partial charge in [-0.25, -0.2) is 4.39 Å². The molecule has 0 aliphatic carbocycles. The number of rotatable bonds is 2. The van der Waals surface area contributed by atoms with Crippen molar-refractivity contribution in [1.82, 2.24) is 4.57 Å². The molecule has 0 atom stereocenters. The summed E-state index contributed by atoms with van der Waals surface area (Å²) in [5.74, 6) is -0.257. The summed E-state index contributed by atoms with van der Waals surface area (Å²) in [7, 11) is 1.59. The van der Waals surface area contributed by atoms with Crippen molar-refractivity contribution in [2.75, 3.05) is 10.6 Å². The van der Waals surface area contributed by atoms with Crippen LogP contribution in [0.4, 0.5) is 21.6 Å². The first kappa shape index (κ1) is 13.4. The Kier molecular flexibility index (Phi) is 2.83. The quantitative estimate of drug-likeness (QED) is 0.891. The molecule has 0 saturated heterocycles. The molecule has 2 heterocycles. The molecule has 21 heavy (non-hydrogen) atoms. The molecule has 1 amide bonds. The van der Waals surface area contributed by atoms with Crippen molar-refractivity contribution in [2.24, 2.45) is 7.05 Å². The van der Waals surface area contributed by atoms with E-state index in [9.17, 15) is 14.0 Å². The van der Waals surface area contributed by atoms with Crippen molar-refractivity contribution in [3.63, 3.8) is 0 Å². The van der Waals surface area contributed by atoms with Gasteiger partial charge in [0.1, 0.15) is 17.2 Å². The second-order valence-corrected chi connectivity index (χ2v) is 5.15. The third-order valence-electron chi connectivity index (χ3n) is 3.67. The Hall–Kier alpha value is -2.63. The van der Waals surface area contributed by atoms with Crippen molar-refractivity contribution >= 4 is 23.1 Å². The monoisotopic (exact) mass is 287 g/mol. The average molecular weight is 287 g/mol. The van der Waals surface area contributed by atoms with E-state index in [1.807, 2.05) is 0 Å². The number of aromatic nitrogens is 1. The normalized spacial score (nSPS) is 12.5. The van der Waals surface area contributed by atoms with Gasteiger partial charge in [0.25, 0.3) is 11.5 Å². The van der Waals surface area contributed by atoms with Crippen LogP contribution in [-0.4, -0.2) is 10.5 Å². The number of anilines is 3. The molecule has 1 aliphatic heterocycles. The highest BCUT2D eigenvalue weighted by atomic mass is 19.1. The Morgan fingerprint density at radius 2 is 1.95 bits per heavy atom. The SMILES string of the molecule is Cc1ccc(Nc2c3c(n(C)c(=O)c2C)NC3=O)c(F)c1. The van der Waals surface area contributed by atoms with Crippen LogP contribution in [-0.2, 0) is 7.05 Å². The summed E-state index contributed by atoms with van der Waals surface area (Å²) in [5, 5.41) is 5.44. The van der Waals surface area contributed by atoms with Crippen LogP contribution in [0, 0.1) is 19.7 Å². The Labute approximate surface area is 120 Å². The molecule has 1 aromatic carbocycles. The Balaban J connectivity index is 2.16. The summed E-state index contributed by atoms with van der Waals surface area (Å²) in [6.45, 7) is 3.40. The van der Waals surface area contributed by atoms with Crippen LogP contribution in [0.3, 0.4) is 0 Å². The van der Waals surface area contributed by atoms with E-state index in [-0.39, 0.29) is 17.2 Å². The molecule has 108 valence electrons. The number of carbonyl (C=O) groups is 1. The molecule has 0 saturated carbocycles. The lowest BCUT2D eigenvalue weighted by Gasteiger charge is -2.27. The number of pyridine rings is 1. The molecule has 6 heteroatoms. The summed E-state index contributed by atoms with van der Waals surface area (Å²) in [6, 6.07) is 4.74. The van der Waals surface area contributed by atoms with E-state index in [2.05, 4.69) is 10.6 Å². The van der Waals surface area contributed by atoms with Gasteiger partial charge in [0.15, 0.2) is 0 Å². The molecule has 0 unspecified atom stereocenters. The van der Waals surface area contributed by atoms with Gasteiger partial charge in [-0.05, 0) is 31.5 Å². The molecule has 0 spiro atoms. The third kappa shape index (κ3) is 1.91. The number of hydrogen-bond donors (Lipinski definition) is 2. The van der Waals surface area contributed by atoms with Gasteiger partial charge in [-0.3, -0.25) is 14.2 Å².